The fourth-order valence-corrected chi connectivity index (χ4v) is 4.27. The molecule has 1 aromatic heterocycles. The molecule has 1 rings (SSSR count). The lowest BCUT2D eigenvalue weighted by Gasteiger charge is -2.25. The Hall–Kier alpha value is -2.29. The first-order valence-corrected chi connectivity index (χ1v) is 14.6. The fourth-order valence-electron chi connectivity index (χ4n) is 3.31. The van der Waals surface area contributed by atoms with E-state index >= 15 is 0 Å². The van der Waals surface area contributed by atoms with Crippen molar-refractivity contribution in [3.8, 4) is 0 Å². The van der Waals surface area contributed by atoms with Crippen LogP contribution >= 0.6 is 23.5 Å². The van der Waals surface area contributed by atoms with E-state index < -0.39 is 47.8 Å². The Morgan fingerprint density at radius 1 is 0.917 bits per heavy atom. The number of rotatable bonds is 19. The Morgan fingerprint density at radius 2 is 1.53 bits per heavy atom. The zero-order chi connectivity index (χ0) is 26.9. The summed E-state index contributed by atoms with van der Waals surface area (Å²) in [6.45, 7) is 0.449. The number of carbonyl (C=O) groups excluding carboxylic acids is 4. The van der Waals surface area contributed by atoms with Crippen molar-refractivity contribution in [1.29, 1.82) is 0 Å². The van der Waals surface area contributed by atoms with Crippen LogP contribution in [-0.2, 0) is 25.6 Å². The van der Waals surface area contributed by atoms with E-state index in [4.69, 9.17) is 17.2 Å². The van der Waals surface area contributed by atoms with Crippen molar-refractivity contribution in [3.05, 3.63) is 18.2 Å². The number of nitrogens with two attached hydrogens (primary N) is 3. The van der Waals surface area contributed by atoms with Crippen LogP contribution in [0.15, 0.2) is 12.5 Å². The molecule has 0 saturated heterocycles. The standard InChI is InChI=1S/C22H40N8O4S2/c1-35-9-6-15(24)20(32)29-17(5-3-4-8-23)21(33)30-18(11-14-12-26-13-27-14)22(34)28-16(19(25)31)7-10-36-2/h12-13,15-18H,3-11,23-24H2,1-2H3,(H2,25,31)(H,26,27)(H,28,34)(H,29,32)(H,30,33)/t15-,16-,17-,18-/m0/s1. The molecule has 0 aliphatic heterocycles. The number of primary amides is 1. The predicted octanol–water partition coefficient (Wildman–Crippen LogP) is -1.15. The van der Waals surface area contributed by atoms with E-state index in [1.807, 2.05) is 12.5 Å². The number of imidazole rings is 1. The Labute approximate surface area is 220 Å². The molecule has 36 heavy (non-hydrogen) atoms. The number of hydrogen-bond acceptors (Lipinski definition) is 9. The minimum atomic E-state index is -1.03. The number of unbranched alkanes of at least 4 members (excludes halogenated alkanes) is 1. The molecule has 0 radical (unpaired) electrons. The van der Waals surface area contributed by atoms with Crippen LogP contribution in [0.1, 0.15) is 37.8 Å². The van der Waals surface area contributed by atoms with Gasteiger partial charge in [0.25, 0.3) is 0 Å². The van der Waals surface area contributed by atoms with E-state index in [2.05, 4.69) is 25.9 Å². The molecule has 1 heterocycles. The van der Waals surface area contributed by atoms with Crippen LogP contribution in [0.5, 0.6) is 0 Å². The second kappa shape index (κ2) is 18.0. The van der Waals surface area contributed by atoms with Gasteiger partial charge in [0.2, 0.25) is 23.6 Å². The van der Waals surface area contributed by atoms with Gasteiger partial charge >= 0.3 is 0 Å². The van der Waals surface area contributed by atoms with Crippen LogP contribution < -0.4 is 33.2 Å². The van der Waals surface area contributed by atoms with Crippen molar-refractivity contribution >= 4 is 47.2 Å². The summed E-state index contributed by atoms with van der Waals surface area (Å²) in [4.78, 5) is 57.6. The van der Waals surface area contributed by atoms with Crippen LogP contribution in [0, 0.1) is 0 Å². The summed E-state index contributed by atoms with van der Waals surface area (Å²) in [5.41, 5.74) is 17.6. The van der Waals surface area contributed by atoms with Gasteiger partial charge in [-0.25, -0.2) is 4.98 Å². The van der Waals surface area contributed by atoms with Crippen LogP contribution in [0.4, 0.5) is 0 Å². The number of aromatic amines is 1. The molecule has 0 bridgehead atoms. The van der Waals surface area contributed by atoms with Crippen LogP contribution in [0.2, 0.25) is 0 Å². The molecule has 0 aliphatic carbocycles. The molecular weight excluding hydrogens is 504 g/mol. The van der Waals surface area contributed by atoms with Crippen molar-refractivity contribution in [3.63, 3.8) is 0 Å². The SMILES string of the molecule is CSCC[C@H](NC(=O)[C@H](Cc1cnc[nH]1)NC(=O)[C@H](CCCCN)NC(=O)[C@@H](N)CCSC)C(N)=O. The Morgan fingerprint density at radius 3 is 2.11 bits per heavy atom. The van der Waals surface area contributed by atoms with Gasteiger partial charge in [-0.15, -0.1) is 0 Å². The predicted molar refractivity (Wildman–Crippen MR) is 144 cm³/mol. The summed E-state index contributed by atoms with van der Waals surface area (Å²) < 4.78 is 0. The second-order valence-electron chi connectivity index (χ2n) is 8.32. The summed E-state index contributed by atoms with van der Waals surface area (Å²) in [6, 6.07) is -3.56. The largest absolute Gasteiger partial charge is 0.368 e. The van der Waals surface area contributed by atoms with E-state index in [0.717, 1.165) is 0 Å². The van der Waals surface area contributed by atoms with Crippen LogP contribution in [-0.4, -0.2) is 88.3 Å². The lowest BCUT2D eigenvalue weighted by atomic mass is 10.1. The monoisotopic (exact) mass is 544 g/mol. The van der Waals surface area contributed by atoms with Gasteiger partial charge in [0.1, 0.15) is 18.1 Å². The fraction of sp³-hybridized carbons (Fsp3) is 0.682. The molecule has 0 aliphatic rings. The van der Waals surface area contributed by atoms with Gasteiger partial charge in [-0.3, -0.25) is 19.2 Å². The Bertz CT molecular complexity index is 812. The van der Waals surface area contributed by atoms with E-state index in [-0.39, 0.29) is 6.42 Å². The highest BCUT2D eigenvalue weighted by molar-refractivity contribution is 7.98. The molecule has 0 unspecified atom stereocenters. The first-order chi connectivity index (χ1) is 17.2. The maximum absolute atomic E-state index is 13.2. The van der Waals surface area contributed by atoms with Gasteiger partial charge in [0.05, 0.1) is 12.4 Å². The highest BCUT2D eigenvalue weighted by atomic mass is 32.2. The molecule has 10 N–H and O–H groups in total. The smallest absolute Gasteiger partial charge is 0.243 e. The summed E-state index contributed by atoms with van der Waals surface area (Å²) in [6.07, 6.45) is 9.34. The molecule has 1 aromatic rings. The third-order valence-electron chi connectivity index (χ3n) is 5.43. The zero-order valence-electron chi connectivity index (χ0n) is 21.0. The number of aromatic nitrogens is 2. The number of nitrogens with one attached hydrogen (secondary N) is 4. The first-order valence-electron chi connectivity index (χ1n) is 11.8. The van der Waals surface area contributed by atoms with Crippen molar-refractivity contribution in [2.24, 2.45) is 17.2 Å². The number of H-pyrrole nitrogens is 1. The first kappa shape index (κ1) is 31.7. The number of amides is 4. The quantitative estimate of drug-likeness (QED) is 0.105. The maximum Gasteiger partial charge on any atom is 0.243 e. The molecule has 12 nitrogen and oxygen atoms in total. The average molecular weight is 545 g/mol. The van der Waals surface area contributed by atoms with Gasteiger partial charge in [0.15, 0.2) is 0 Å². The molecule has 0 spiro atoms. The summed E-state index contributed by atoms with van der Waals surface area (Å²) in [5.74, 6) is -0.851. The Balaban J connectivity index is 3.01. The normalized spacial score (nSPS) is 14.3. The number of thioether (sulfide) groups is 2. The number of nitrogens with zero attached hydrogens (tertiary/aromatic N) is 1. The highest BCUT2D eigenvalue weighted by Crippen LogP contribution is 2.07. The summed E-state index contributed by atoms with van der Waals surface area (Å²) in [5, 5.41) is 8.08. The van der Waals surface area contributed by atoms with Crippen LogP contribution in [0.25, 0.3) is 0 Å². The Kier molecular flexibility index (Phi) is 15.9. The van der Waals surface area contributed by atoms with E-state index in [1.54, 1.807) is 11.8 Å². The van der Waals surface area contributed by atoms with E-state index in [9.17, 15) is 19.2 Å². The number of carbonyl (C=O) groups is 4. The zero-order valence-corrected chi connectivity index (χ0v) is 22.6. The van der Waals surface area contributed by atoms with Crippen molar-refractivity contribution < 1.29 is 19.2 Å². The van der Waals surface area contributed by atoms with Gasteiger partial charge in [-0.2, -0.15) is 23.5 Å². The van der Waals surface area contributed by atoms with Gasteiger partial charge in [-0.05, 0) is 62.7 Å². The van der Waals surface area contributed by atoms with E-state index in [1.165, 1.54) is 24.3 Å². The molecule has 0 aromatic carbocycles. The topological polar surface area (TPSA) is 211 Å². The molecular formula is C22H40N8O4S2. The van der Waals surface area contributed by atoms with Crippen molar-refractivity contribution in [2.45, 2.75) is 62.7 Å². The molecule has 4 amide bonds. The van der Waals surface area contributed by atoms with Gasteiger partial charge < -0.3 is 38.1 Å². The van der Waals surface area contributed by atoms with E-state index in [0.29, 0.717) is 55.8 Å². The maximum atomic E-state index is 13.2. The van der Waals surface area contributed by atoms with Crippen molar-refractivity contribution in [2.75, 3.05) is 30.6 Å². The lowest BCUT2D eigenvalue weighted by Crippen LogP contribution is -2.58. The third-order valence-corrected chi connectivity index (χ3v) is 6.72. The second-order valence-corrected chi connectivity index (χ2v) is 10.3. The minimum absolute atomic E-state index is 0.0995. The lowest BCUT2D eigenvalue weighted by molar-refractivity contribution is -0.133. The molecule has 4 atom stereocenters. The molecule has 14 heteroatoms. The highest BCUT2D eigenvalue weighted by Gasteiger charge is 2.30. The third kappa shape index (κ3) is 12.1. The van der Waals surface area contributed by atoms with Crippen LogP contribution in [0.3, 0.4) is 0 Å². The average Bonchev–Trinajstić information content (AvgIpc) is 3.36. The molecule has 0 saturated carbocycles. The summed E-state index contributed by atoms with van der Waals surface area (Å²) in [7, 11) is 0. The van der Waals surface area contributed by atoms with Gasteiger partial charge in [0, 0.05) is 18.3 Å². The molecule has 204 valence electrons. The number of hydrogen-bond donors (Lipinski definition) is 7. The van der Waals surface area contributed by atoms with Gasteiger partial charge in [-0.1, -0.05) is 0 Å². The summed E-state index contributed by atoms with van der Waals surface area (Å²) >= 11 is 3.09. The van der Waals surface area contributed by atoms with Crippen molar-refractivity contribution in [1.82, 2.24) is 25.9 Å². The molecule has 0 fully saturated rings. The minimum Gasteiger partial charge on any atom is -0.368 e.